The second kappa shape index (κ2) is 8.73. The number of aliphatic hydroxyl groups is 3. The third-order valence-electron chi connectivity index (χ3n) is 8.96. The van der Waals surface area contributed by atoms with Crippen LogP contribution in [0, 0.1) is 23.2 Å². The molecule has 178 valence electrons. The molecule has 0 spiro atoms. The first kappa shape index (κ1) is 23.7. The standard InChI is InChI=1S/C27H40O5/c1-16(12-21-15-27(4,31)25(30)32-21)22-9-10-23-18(6-5-11-26(22,23)3)7-8-19-13-20(28)14-24(29)17(19)2/h7-8,16,20-24,28-29,31H,2,5-6,9-15H2,1,3-4H3/t16-,20-,21+,22-,23?,24+,26-,27-/m1/s1. The zero-order chi connectivity index (χ0) is 23.3. The molecule has 0 aromatic carbocycles. The van der Waals surface area contributed by atoms with Crippen LogP contribution in [-0.4, -0.2) is 45.2 Å². The van der Waals surface area contributed by atoms with Gasteiger partial charge in [0.05, 0.1) is 12.2 Å². The first-order valence-electron chi connectivity index (χ1n) is 12.4. The Hall–Kier alpha value is -1.43. The summed E-state index contributed by atoms with van der Waals surface area (Å²) < 4.78 is 5.47. The summed E-state index contributed by atoms with van der Waals surface area (Å²) in [4.78, 5) is 11.9. The van der Waals surface area contributed by atoms with Crippen LogP contribution in [0.3, 0.4) is 0 Å². The number of esters is 1. The molecule has 4 rings (SSSR count). The average molecular weight is 445 g/mol. The second-order valence-corrected chi connectivity index (χ2v) is 11.4. The van der Waals surface area contributed by atoms with Crippen molar-refractivity contribution in [3.8, 4) is 0 Å². The molecule has 1 heterocycles. The van der Waals surface area contributed by atoms with Crippen LogP contribution in [0.4, 0.5) is 0 Å². The SMILES string of the molecule is C=C1C(=CC=C2CCC[C@@]3(C)C2CC[C@@H]3[C@H](C)C[C@H]2C[C@@](C)(O)C(=O)O2)C[C@@H](O)C[C@@H]1O. The summed E-state index contributed by atoms with van der Waals surface area (Å²) in [5, 5.41) is 30.4. The maximum absolute atomic E-state index is 11.9. The van der Waals surface area contributed by atoms with Crippen LogP contribution >= 0.6 is 0 Å². The Bertz CT molecular complexity index is 824. The average Bonchev–Trinajstić information content (AvgIpc) is 3.18. The van der Waals surface area contributed by atoms with E-state index in [1.54, 1.807) is 6.92 Å². The van der Waals surface area contributed by atoms with Gasteiger partial charge in [-0.25, -0.2) is 4.79 Å². The number of carbonyl (C=O) groups is 1. The van der Waals surface area contributed by atoms with Gasteiger partial charge in [0.2, 0.25) is 0 Å². The van der Waals surface area contributed by atoms with E-state index in [4.69, 9.17) is 4.74 Å². The van der Waals surface area contributed by atoms with Crippen molar-refractivity contribution < 1.29 is 24.9 Å². The van der Waals surface area contributed by atoms with E-state index >= 15 is 0 Å². The lowest BCUT2D eigenvalue weighted by Gasteiger charge is -2.44. The van der Waals surface area contributed by atoms with Crippen molar-refractivity contribution in [3.63, 3.8) is 0 Å². The number of aliphatic hydroxyl groups excluding tert-OH is 2. The highest BCUT2D eigenvalue weighted by Crippen LogP contribution is 2.60. The van der Waals surface area contributed by atoms with E-state index in [0.717, 1.165) is 24.0 Å². The quantitative estimate of drug-likeness (QED) is 0.565. The molecule has 0 bridgehead atoms. The Balaban J connectivity index is 1.47. The van der Waals surface area contributed by atoms with E-state index < -0.39 is 23.8 Å². The van der Waals surface area contributed by atoms with Gasteiger partial charge in [-0.3, -0.25) is 0 Å². The number of rotatable bonds is 4. The normalized spacial score (nSPS) is 45.9. The largest absolute Gasteiger partial charge is 0.460 e. The molecular weight excluding hydrogens is 404 g/mol. The predicted molar refractivity (Wildman–Crippen MR) is 124 cm³/mol. The number of allylic oxidation sites excluding steroid dienone is 3. The van der Waals surface area contributed by atoms with Gasteiger partial charge < -0.3 is 20.1 Å². The fraction of sp³-hybridized carbons (Fsp3) is 0.741. The van der Waals surface area contributed by atoms with Gasteiger partial charge in [0.15, 0.2) is 5.60 Å². The van der Waals surface area contributed by atoms with Crippen molar-refractivity contribution in [1.82, 2.24) is 0 Å². The highest BCUT2D eigenvalue weighted by molar-refractivity contribution is 5.80. The molecule has 3 saturated carbocycles. The number of hydrogen-bond donors (Lipinski definition) is 3. The Kier molecular flexibility index (Phi) is 6.47. The lowest BCUT2D eigenvalue weighted by molar-refractivity contribution is -0.154. The second-order valence-electron chi connectivity index (χ2n) is 11.4. The van der Waals surface area contributed by atoms with Gasteiger partial charge >= 0.3 is 5.97 Å². The minimum absolute atomic E-state index is 0.186. The Morgan fingerprint density at radius 1 is 1.25 bits per heavy atom. The van der Waals surface area contributed by atoms with Crippen LogP contribution in [0.25, 0.3) is 0 Å². The predicted octanol–water partition coefficient (Wildman–Crippen LogP) is 4.22. The first-order chi connectivity index (χ1) is 15.0. The van der Waals surface area contributed by atoms with Crippen molar-refractivity contribution in [2.75, 3.05) is 0 Å². The molecule has 1 saturated heterocycles. The number of fused-ring (bicyclic) bond motifs is 1. The van der Waals surface area contributed by atoms with E-state index in [1.807, 2.05) is 0 Å². The summed E-state index contributed by atoms with van der Waals surface area (Å²) in [6.45, 7) is 10.3. The molecule has 5 heteroatoms. The summed E-state index contributed by atoms with van der Waals surface area (Å²) in [6.07, 6.45) is 11.0. The van der Waals surface area contributed by atoms with Gasteiger partial charge in [-0.05, 0) is 86.2 Å². The van der Waals surface area contributed by atoms with E-state index in [9.17, 15) is 20.1 Å². The van der Waals surface area contributed by atoms with Crippen LogP contribution in [0.15, 0.2) is 35.5 Å². The fourth-order valence-electron chi connectivity index (χ4n) is 7.24. The summed E-state index contributed by atoms with van der Waals surface area (Å²) >= 11 is 0. The summed E-state index contributed by atoms with van der Waals surface area (Å²) in [5.41, 5.74) is 2.08. The van der Waals surface area contributed by atoms with Crippen molar-refractivity contribution in [2.24, 2.45) is 23.2 Å². The maximum Gasteiger partial charge on any atom is 0.338 e. The van der Waals surface area contributed by atoms with Gasteiger partial charge in [-0.15, -0.1) is 0 Å². The van der Waals surface area contributed by atoms with Gasteiger partial charge in [0.1, 0.15) is 6.10 Å². The highest BCUT2D eigenvalue weighted by atomic mass is 16.6. The molecule has 3 N–H and O–H groups in total. The Morgan fingerprint density at radius 3 is 2.69 bits per heavy atom. The molecule has 4 fully saturated rings. The van der Waals surface area contributed by atoms with E-state index in [2.05, 4.69) is 32.6 Å². The number of carbonyl (C=O) groups excluding carboxylic acids is 1. The smallest absolute Gasteiger partial charge is 0.338 e. The van der Waals surface area contributed by atoms with Crippen LogP contribution < -0.4 is 0 Å². The third kappa shape index (κ3) is 4.36. The number of cyclic esters (lactones) is 1. The molecular formula is C27H40O5. The van der Waals surface area contributed by atoms with Crippen molar-refractivity contribution in [1.29, 1.82) is 0 Å². The van der Waals surface area contributed by atoms with Crippen LogP contribution in [-0.2, 0) is 9.53 Å². The summed E-state index contributed by atoms with van der Waals surface area (Å²) in [6, 6.07) is 0. The van der Waals surface area contributed by atoms with Crippen LogP contribution in [0.1, 0.15) is 78.6 Å². The molecule has 0 aromatic rings. The van der Waals surface area contributed by atoms with Crippen molar-refractivity contribution in [2.45, 2.75) is 102 Å². The molecule has 5 nitrogen and oxygen atoms in total. The number of hydrogen-bond acceptors (Lipinski definition) is 5. The molecule has 1 aliphatic heterocycles. The molecule has 1 unspecified atom stereocenters. The van der Waals surface area contributed by atoms with Crippen molar-refractivity contribution >= 4 is 5.97 Å². The Morgan fingerprint density at radius 2 is 2.00 bits per heavy atom. The van der Waals surface area contributed by atoms with E-state index in [-0.39, 0.29) is 11.5 Å². The first-order valence-corrected chi connectivity index (χ1v) is 12.4. The zero-order valence-corrected chi connectivity index (χ0v) is 19.8. The molecule has 3 aliphatic carbocycles. The third-order valence-corrected chi connectivity index (χ3v) is 8.96. The zero-order valence-electron chi connectivity index (χ0n) is 19.8. The molecule has 0 radical (unpaired) electrons. The monoisotopic (exact) mass is 444 g/mol. The summed E-state index contributed by atoms with van der Waals surface area (Å²) in [7, 11) is 0. The van der Waals surface area contributed by atoms with E-state index in [0.29, 0.717) is 37.0 Å². The fourth-order valence-corrected chi connectivity index (χ4v) is 7.24. The lowest BCUT2D eigenvalue weighted by atomic mass is 9.60. The molecule has 32 heavy (non-hydrogen) atoms. The minimum Gasteiger partial charge on any atom is -0.460 e. The molecule has 0 amide bonds. The van der Waals surface area contributed by atoms with Gasteiger partial charge in [-0.1, -0.05) is 38.2 Å². The van der Waals surface area contributed by atoms with Crippen molar-refractivity contribution in [3.05, 3.63) is 35.5 Å². The topological polar surface area (TPSA) is 87.0 Å². The highest BCUT2D eigenvalue weighted by Gasteiger charge is 2.52. The van der Waals surface area contributed by atoms with Crippen LogP contribution in [0.5, 0.6) is 0 Å². The summed E-state index contributed by atoms with van der Waals surface area (Å²) in [5.74, 6) is 1.06. The maximum atomic E-state index is 11.9. The minimum atomic E-state index is -1.34. The van der Waals surface area contributed by atoms with Gasteiger partial charge in [-0.2, -0.15) is 0 Å². The van der Waals surface area contributed by atoms with Gasteiger partial charge in [0.25, 0.3) is 0 Å². The number of ether oxygens (including phenoxy) is 1. The Labute approximate surface area is 192 Å². The van der Waals surface area contributed by atoms with Crippen LogP contribution in [0.2, 0.25) is 0 Å². The van der Waals surface area contributed by atoms with Gasteiger partial charge in [0, 0.05) is 12.8 Å². The molecule has 4 aliphatic rings. The lowest BCUT2D eigenvalue weighted by Crippen LogP contribution is -2.36. The van der Waals surface area contributed by atoms with E-state index in [1.165, 1.54) is 31.3 Å². The molecule has 0 aromatic heterocycles. The molecule has 8 atom stereocenters.